The first-order valence-electron chi connectivity index (χ1n) is 11.4. The predicted molar refractivity (Wildman–Crippen MR) is 123 cm³/mol. The van der Waals surface area contributed by atoms with Crippen LogP contribution in [0.4, 0.5) is 20.2 Å². The fraction of sp³-hybridized carbons (Fsp3) is 0.500. The molecule has 0 aliphatic carbocycles. The number of fused-ring (bicyclic) bond motifs is 1. The molecule has 2 aliphatic heterocycles. The summed E-state index contributed by atoms with van der Waals surface area (Å²) in [6.45, 7) is 9.86. The number of nitrogens with one attached hydrogen (secondary N) is 2. The van der Waals surface area contributed by atoms with E-state index in [2.05, 4.69) is 10.8 Å². The first-order chi connectivity index (χ1) is 16.2. The number of nitrogens with zero attached hydrogens (tertiary/aromatic N) is 1. The maximum atomic E-state index is 15.1. The summed E-state index contributed by atoms with van der Waals surface area (Å²) in [4.78, 5) is 30.8. The zero-order valence-electron chi connectivity index (χ0n) is 20.1. The molecule has 2 aliphatic rings. The standard InChI is InChI=1S/C22H25F2N3O5.C2H6/c1-12-6-7-15(14(23)9-12)25-19-17(16-5-4-8-27(16)21(29)18(19)24)20(28)26-31-11-13-10-30-22(2,3)32-13;1-2/h6-7,9,13,25H,4-5,8,10-11H2,1-3H3,(H,26,28);1-2H3. The Bertz CT molecular complexity index is 1120. The summed E-state index contributed by atoms with van der Waals surface area (Å²) < 4.78 is 41.7. The van der Waals surface area contributed by atoms with Crippen LogP contribution in [-0.2, 0) is 27.3 Å². The molecule has 2 N–H and O–H groups in total. The Morgan fingerprint density at radius 3 is 2.68 bits per heavy atom. The first-order valence-corrected chi connectivity index (χ1v) is 11.4. The normalized spacial score (nSPS) is 18.1. The third kappa shape index (κ3) is 5.45. The van der Waals surface area contributed by atoms with Crippen LogP contribution in [0, 0.1) is 18.6 Å². The number of halogens is 2. The van der Waals surface area contributed by atoms with E-state index in [1.54, 1.807) is 26.8 Å². The van der Waals surface area contributed by atoms with Gasteiger partial charge in [-0.1, -0.05) is 19.9 Å². The summed E-state index contributed by atoms with van der Waals surface area (Å²) in [5.41, 5.74) is 1.95. The van der Waals surface area contributed by atoms with Gasteiger partial charge in [0, 0.05) is 12.2 Å². The van der Waals surface area contributed by atoms with Crippen molar-refractivity contribution in [3.63, 3.8) is 0 Å². The van der Waals surface area contributed by atoms with E-state index in [1.165, 1.54) is 16.7 Å². The van der Waals surface area contributed by atoms with Crippen molar-refractivity contribution in [1.82, 2.24) is 10.0 Å². The number of carbonyl (C=O) groups is 1. The van der Waals surface area contributed by atoms with Gasteiger partial charge in [-0.2, -0.15) is 4.39 Å². The van der Waals surface area contributed by atoms with Crippen molar-refractivity contribution in [2.45, 2.75) is 65.9 Å². The van der Waals surface area contributed by atoms with Gasteiger partial charge in [0.15, 0.2) is 5.79 Å². The molecule has 2 aromatic rings. The van der Waals surface area contributed by atoms with Crippen molar-refractivity contribution in [3.05, 3.63) is 57.0 Å². The molecule has 1 atom stereocenters. The van der Waals surface area contributed by atoms with Gasteiger partial charge in [0.1, 0.15) is 18.5 Å². The highest BCUT2D eigenvalue weighted by Gasteiger charge is 2.33. The Morgan fingerprint density at radius 2 is 2.03 bits per heavy atom. The quantitative estimate of drug-likeness (QED) is 0.610. The minimum atomic E-state index is -1.16. The van der Waals surface area contributed by atoms with Crippen LogP contribution in [0.3, 0.4) is 0 Å². The van der Waals surface area contributed by atoms with Crippen molar-refractivity contribution >= 4 is 17.3 Å². The molecule has 3 heterocycles. The zero-order chi connectivity index (χ0) is 25.0. The molecule has 1 aromatic heterocycles. The van der Waals surface area contributed by atoms with E-state index in [-0.39, 0.29) is 29.6 Å². The van der Waals surface area contributed by atoms with Crippen LogP contribution in [-0.4, -0.2) is 35.6 Å². The Kier molecular flexibility index (Phi) is 8.06. The number of hydrogen-bond acceptors (Lipinski definition) is 6. The number of amides is 1. The van der Waals surface area contributed by atoms with Crippen LogP contribution in [0.25, 0.3) is 0 Å². The molecule has 0 radical (unpaired) electrons. The number of rotatable bonds is 6. The molecule has 1 fully saturated rings. The largest absolute Gasteiger partial charge is 0.350 e. The maximum Gasteiger partial charge on any atom is 0.289 e. The number of aromatic nitrogens is 1. The minimum Gasteiger partial charge on any atom is -0.350 e. The van der Waals surface area contributed by atoms with Crippen molar-refractivity contribution < 1.29 is 27.9 Å². The van der Waals surface area contributed by atoms with Gasteiger partial charge in [-0.05, 0) is 51.3 Å². The highest BCUT2D eigenvalue weighted by atomic mass is 19.1. The average molecular weight is 480 g/mol. The van der Waals surface area contributed by atoms with Gasteiger partial charge in [0.2, 0.25) is 5.82 Å². The molecular weight excluding hydrogens is 448 g/mol. The average Bonchev–Trinajstić information content (AvgIpc) is 3.41. The lowest BCUT2D eigenvalue weighted by Gasteiger charge is -2.19. The molecule has 186 valence electrons. The van der Waals surface area contributed by atoms with E-state index in [4.69, 9.17) is 14.3 Å². The lowest BCUT2D eigenvalue weighted by Crippen LogP contribution is -2.34. The summed E-state index contributed by atoms with van der Waals surface area (Å²) in [6, 6.07) is 4.33. The molecule has 10 heteroatoms. The molecule has 8 nitrogen and oxygen atoms in total. The number of aryl methyl sites for hydroxylation is 1. The summed E-state index contributed by atoms with van der Waals surface area (Å²) in [5.74, 6) is -3.27. The third-order valence-electron chi connectivity index (χ3n) is 5.42. The lowest BCUT2D eigenvalue weighted by atomic mass is 10.1. The molecule has 1 saturated heterocycles. The number of ether oxygens (including phenoxy) is 2. The van der Waals surface area contributed by atoms with Crippen molar-refractivity contribution in [3.8, 4) is 0 Å². The number of benzene rings is 1. The van der Waals surface area contributed by atoms with E-state index in [0.29, 0.717) is 37.3 Å². The monoisotopic (exact) mass is 479 g/mol. The summed E-state index contributed by atoms with van der Waals surface area (Å²) >= 11 is 0. The van der Waals surface area contributed by atoms with Gasteiger partial charge < -0.3 is 19.4 Å². The lowest BCUT2D eigenvalue weighted by molar-refractivity contribution is -0.147. The van der Waals surface area contributed by atoms with E-state index >= 15 is 4.39 Å². The molecule has 0 saturated carbocycles. The topological polar surface area (TPSA) is 90.8 Å². The first kappa shape index (κ1) is 25.8. The number of hydroxylamine groups is 1. The van der Waals surface area contributed by atoms with Crippen LogP contribution >= 0.6 is 0 Å². The number of anilines is 2. The van der Waals surface area contributed by atoms with Crippen molar-refractivity contribution in [2.75, 3.05) is 18.5 Å². The van der Waals surface area contributed by atoms with Crippen LogP contribution in [0.1, 0.15) is 55.7 Å². The van der Waals surface area contributed by atoms with Gasteiger partial charge in [-0.15, -0.1) is 0 Å². The Labute approximate surface area is 197 Å². The number of hydrogen-bond donors (Lipinski definition) is 2. The molecule has 0 bridgehead atoms. The van der Waals surface area contributed by atoms with Gasteiger partial charge in [-0.25, -0.2) is 9.87 Å². The Morgan fingerprint density at radius 1 is 1.29 bits per heavy atom. The summed E-state index contributed by atoms with van der Waals surface area (Å²) in [6.07, 6.45) is 0.600. The molecule has 1 unspecified atom stereocenters. The second-order valence-corrected chi connectivity index (χ2v) is 8.37. The molecule has 34 heavy (non-hydrogen) atoms. The van der Waals surface area contributed by atoms with Crippen molar-refractivity contribution in [1.29, 1.82) is 0 Å². The Hall–Kier alpha value is -2.82. The van der Waals surface area contributed by atoms with Gasteiger partial charge in [0.05, 0.1) is 23.5 Å². The van der Waals surface area contributed by atoms with Crippen LogP contribution in [0.5, 0.6) is 0 Å². The number of pyridine rings is 1. The highest BCUT2D eigenvalue weighted by Crippen LogP contribution is 2.30. The zero-order valence-corrected chi connectivity index (χ0v) is 20.1. The summed E-state index contributed by atoms with van der Waals surface area (Å²) in [5, 5.41) is 2.61. The number of carbonyl (C=O) groups excluding carboxylic acids is 1. The van der Waals surface area contributed by atoms with E-state index in [0.717, 1.165) is 0 Å². The van der Waals surface area contributed by atoms with E-state index < -0.39 is 28.9 Å². The van der Waals surface area contributed by atoms with Crippen molar-refractivity contribution in [2.24, 2.45) is 0 Å². The second-order valence-electron chi connectivity index (χ2n) is 8.37. The molecule has 0 spiro atoms. The van der Waals surface area contributed by atoms with Crippen LogP contribution < -0.4 is 16.4 Å². The smallest absolute Gasteiger partial charge is 0.289 e. The Balaban J connectivity index is 0.00000158. The molecular formula is C24H31F2N3O5. The third-order valence-corrected chi connectivity index (χ3v) is 5.42. The van der Waals surface area contributed by atoms with Gasteiger partial charge >= 0.3 is 0 Å². The van der Waals surface area contributed by atoms with Crippen LogP contribution in [0.2, 0.25) is 0 Å². The van der Waals surface area contributed by atoms with Crippen LogP contribution in [0.15, 0.2) is 23.0 Å². The summed E-state index contributed by atoms with van der Waals surface area (Å²) in [7, 11) is 0. The fourth-order valence-corrected chi connectivity index (χ4v) is 3.95. The fourth-order valence-electron chi connectivity index (χ4n) is 3.95. The molecule has 4 rings (SSSR count). The van der Waals surface area contributed by atoms with E-state index in [9.17, 15) is 14.0 Å². The highest BCUT2D eigenvalue weighted by molar-refractivity contribution is 6.01. The SMILES string of the molecule is CC.Cc1ccc(Nc2c(C(=O)NOCC3COC(C)(C)O3)c3n(c(=O)c2F)CCC3)c(F)c1. The second kappa shape index (κ2) is 10.6. The molecule has 1 amide bonds. The van der Waals surface area contributed by atoms with Gasteiger partial charge in [-0.3, -0.25) is 14.4 Å². The van der Waals surface area contributed by atoms with Gasteiger partial charge in [0.25, 0.3) is 11.5 Å². The molecule has 1 aromatic carbocycles. The maximum absolute atomic E-state index is 15.1. The van der Waals surface area contributed by atoms with E-state index in [1.807, 2.05) is 13.8 Å². The predicted octanol–water partition coefficient (Wildman–Crippen LogP) is 3.96. The minimum absolute atomic E-state index is 0.0158.